The summed E-state index contributed by atoms with van der Waals surface area (Å²) in [5.41, 5.74) is 1.36. The van der Waals surface area contributed by atoms with Gasteiger partial charge in [0.05, 0.1) is 17.4 Å². The van der Waals surface area contributed by atoms with Crippen LogP contribution in [-0.4, -0.2) is 66.4 Å². The number of hydrogen-bond donors (Lipinski definition) is 1. The number of likely N-dealkylation sites (tertiary alicyclic amines) is 1. The van der Waals surface area contributed by atoms with Crippen molar-refractivity contribution in [1.82, 2.24) is 19.3 Å². The van der Waals surface area contributed by atoms with Crippen LogP contribution in [0.5, 0.6) is 0 Å². The summed E-state index contributed by atoms with van der Waals surface area (Å²) in [5, 5.41) is 6.79. The van der Waals surface area contributed by atoms with Gasteiger partial charge in [-0.1, -0.05) is 17.6 Å². The van der Waals surface area contributed by atoms with Gasteiger partial charge in [0.15, 0.2) is 5.82 Å². The number of rotatable bonds is 6. The number of aromatic nitrogens is 2. The maximum absolute atomic E-state index is 13.0. The van der Waals surface area contributed by atoms with E-state index >= 15 is 0 Å². The molecule has 2 aliphatic rings. The third kappa shape index (κ3) is 5.19. The normalized spacial score (nSPS) is 20.9. The molecule has 3 heterocycles. The monoisotopic (exact) mass is 461 g/mol. The van der Waals surface area contributed by atoms with Crippen LogP contribution in [0.25, 0.3) is 0 Å². The van der Waals surface area contributed by atoms with Crippen LogP contribution in [0, 0.1) is 13.8 Å². The number of aryl methyl sites for hydroxylation is 2. The van der Waals surface area contributed by atoms with Gasteiger partial charge in [-0.2, -0.15) is 9.29 Å². The Balaban J connectivity index is 1.41. The van der Waals surface area contributed by atoms with Crippen molar-refractivity contribution >= 4 is 21.6 Å². The summed E-state index contributed by atoms with van der Waals surface area (Å²) < 4.78 is 32.9. The number of benzene rings is 1. The van der Waals surface area contributed by atoms with E-state index in [1.54, 1.807) is 29.4 Å². The molecule has 0 saturated carbocycles. The molecule has 1 amide bonds. The first-order chi connectivity index (χ1) is 15.3. The molecule has 2 aromatic rings. The summed E-state index contributed by atoms with van der Waals surface area (Å²) in [6.07, 6.45) is 4.73. The first-order valence-electron chi connectivity index (χ1n) is 11.3. The molecule has 2 aliphatic heterocycles. The van der Waals surface area contributed by atoms with E-state index in [4.69, 9.17) is 4.52 Å². The Labute approximate surface area is 189 Å². The Bertz CT molecular complexity index is 1060. The lowest BCUT2D eigenvalue weighted by Gasteiger charge is -2.30. The molecule has 0 aliphatic carbocycles. The Morgan fingerprint density at radius 3 is 2.66 bits per heavy atom. The van der Waals surface area contributed by atoms with Gasteiger partial charge in [-0.25, -0.2) is 8.42 Å². The number of carbonyl (C=O) groups is 1. The molecule has 2 saturated heterocycles. The summed E-state index contributed by atoms with van der Waals surface area (Å²) in [7, 11) is -3.55. The zero-order valence-electron chi connectivity index (χ0n) is 18.7. The number of anilines is 1. The van der Waals surface area contributed by atoms with Crippen molar-refractivity contribution in [3.05, 3.63) is 35.5 Å². The zero-order valence-corrected chi connectivity index (χ0v) is 19.5. The lowest BCUT2D eigenvalue weighted by atomic mass is 9.98. The van der Waals surface area contributed by atoms with Gasteiger partial charge >= 0.3 is 0 Å². The van der Waals surface area contributed by atoms with Crippen molar-refractivity contribution in [3.63, 3.8) is 0 Å². The van der Waals surface area contributed by atoms with Crippen LogP contribution in [0.1, 0.15) is 55.3 Å². The molecule has 0 radical (unpaired) electrons. The number of carbonyl (C=O) groups excluding carboxylic acids is 1. The Morgan fingerprint density at radius 2 is 1.94 bits per heavy atom. The average molecular weight is 462 g/mol. The van der Waals surface area contributed by atoms with Crippen molar-refractivity contribution in [1.29, 1.82) is 0 Å². The fourth-order valence-corrected chi connectivity index (χ4v) is 5.97. The van der Waals surface area contributed by atoms with Gasteiger partial charge in [0.2, 0.25) is 21.8 Å². The second-order valence-corrected chi connectivity index (χ2v) is 10.7. The van der Waals surface area contributed by atoms with Gasteiger partial charge in [0.25, 0.3) is 0 Å². The minimum absolute atomic E-state index is 0.123. The van der Waals surface area contributed by atoms with E-state index in [1.807, 2.05) is 6.92 Å². The van der Waals surface area contributed by atoms with Crippen molar-refractivity contribution in [3.8, 4) is 0 Å². The number of nitrogens with one attached hydrogen (secondary N) is 1. The molecule has 1 aromatic heterocycles. The van der Waals surface area contributed by atoms with Crippen LogP contribution in [0.15, 0.2) is 27.6 Å². The van der Waals surface area contributed by atoms with Gasteiger partial charge in [-0.05, 0) is 63.8 Å². The molecule has 10 heteroatoms. The highest BCUT2D eigenvalue weighted by Gasteiger charge is 2.28. The lowest BCUT2D eigenvalue weighted by molar-refractivity contribution is -0.117. The van der Waals surface area contributed by atoms with Crippen LogP contribution in [0.3, 0.4) is 0 Å². The molecule has 1 atom stereocenters. The number of sulfonamides is 1. The molecule has 4 rings (SSSR count). The van der Waals surface area contributed by atoms with E-state index in [0.717, 1.165) is 44.2 Å². The van der Waals surface area contributed by atoms with E-state index in [-0.39, 0.29) is 23.3 Å². The fraction of sp³-hybridized carbons (Fsp3) is 0.591. The van der Waals surface area contributed by atoms with Crippen molar-refractivity contribution in [2.45, 2.75) is 56.8 Å². The average Bonchev–Trinajstić information content (AvgIpc) is 3.22. The zero-order chi connectivity index (χ0) is 22.7. The van der Waals surface area contributed by atoms with Gasteiger partial charge in [0, 0.05) is 25.3 Å². The summed E-state index contributed by atoms with van der Waals surface area (Å²) in [6.45, 7) is 6.48. The molecule has 9 nitrogen and oxygen atoms in total. The third-order valence-corrected chi connectivity index (χ3v) is 8.10. The first kappa shape index (κ1) is 22.9. The van der Waals surface area contributed by atoms with Crippen LogP contribution >= 0.6 is 0 Å². The molecule has 174 valence electrons. The number of piperidine rings is 2. The quantitative estimate of drug-likeness (QED) is 0.704. The molecule has 0 spiro atoms. The summed E-state index contributed by atoms with van der Waals surface area (Å²) >= 11 is 0. The van der Waals surface area contributed by atoms with Crippen molar-refractivity contribution in [2.75, 3.05) is 38.0 Å². The minimum atomic E-state index is -3.55. The van der Waals surface area contributed by atoms with Crippen molar-refractivity contribution < 1.29 is 17.7 Å². The lowest BCUT2D eigenvalue weighted by Crippen LogP contribution is -2.40. The number of amides is 1. The second kappa shape index (κ2) is 9.68. The fourth-order valence-electron chi connectivity index (χ4n) is 4.42. The SMILES string of the molecule is Cc1noc(C2CCCN(CC(=O)Nc3cc(S(=O)(=O)N4CCCCC4)ccc3C)C2)n1. The van der Waals surface area contributed by atoms with Gasteiger partial charge in [0.1, 0.15) is 0 Å². The molecule has 0 bridgehead atoms. The van der Waals surface area contributed by atoms with Gasteiger partial charge in [-0.3, -0.25) is 9.69 Å². The second-order valence-electron chi connectivity index (χ2n) is 8.74. The summed E-state index contributed by atoms with van der Waals surface area (Å²) in [5.74, 6) is 1.20. The Morgan fingerprint density at radius 1 is 1.16 bits per heavy atom. The van der Waals surface area contributed by atoms with Gasteiger partial charge in [-0.15, -0.1) is 0 Å². The molecule has 1 N–H and O–H groups in total. The van der Waals surface area contributed by atoms with E-state index in [1.165, 1.54) is 0 Å². The van der Waals surface area contributed by atoms with E-state index in [0.29, 0.717) is 37.0 Å². The van der Waals surface area contributed by atoms with E-state index in [9.17, 15) is 13.2 Å². The Kier molecular flexibility index (Phi) is 6.92. The van der Waals surface area contributed by atoms with E-state index in [2.05, 4.69) is 20.4 Å². The highest BCUT2D eigenvalue weighted by molar-refractivity contribution is 7.89. The van der Waals surface area contributed by atoms with Crippen LogP contribution in [-0.2, 0) is 14.8 Å². The van der Waals surface area contributed by atoms with E-state index < -0.39 is 10.0 Å². The maximum atomic E-state index is 13.0. The van der Waals surface area contributed by atoms with Crippen molar-refractivity contribution in [2.24, 2.45) is 0 Å². The maximum Gasteiger partial charge on any atom is 0.243 e. The molecule has 1 aromatic carbocycles. The predicted molar refractivity (Wildman–Crippen MR) is 120 cm³/mol. The molecular weight excluding hydrogens is 430 g/mol. The smallest absolute Gasteiger partial charge is 0.243 e. The van der Waals surface area contributed by atoms with Crippen LogP contribution in [0.2, 0.25) is 0 Å². The highest BCUT2D eigenvalue weighted by Crippen LogP contribution is 2.27. The number of hydrogen-bond acceptors (Lipinski definition) is 7. The van der Waals surface area contributed by atoms with Crippen LogP contribution in [0.4, 0.5) is 5.69 Å². The van der Waals surface area contributed by atoms with Crippen LogP contribution < -0.4 is 5.32 Å². The number of nitrogens with zero attached hydrogens (tertiary/aromatic N) is 4. The molecule has 32 heavy (non-hydrogen) atoms. The highest BCUT2D eigenvalue weighted by atomic mass is 32.2. The molecular formula is C22H31N5O4S. The third-order valence-electron chi connectivity index (χ3n) is 6.20. The summed E-state index contributed by atoms with van der Waals surface area (Å²) in [4.78, 5) is 19.4. The predicted octanol–water partition coefficient (Wildman–Crippen LogP) is 2.68. The minimum Gasteiger partial charge on any atom is -0.339 e. The largest absolute Gasteiger partial charge is 0.339 e. The molecule has 1 unspecified atom stereocenters. The van der Waals surface area contributed by atoms with Gasteiger partial charge < -0.3 is 9.84 Å². The molecule has 2 fully saturated rings. The standard InChI is InChI=1S/C22H31N5O4S/c1-16-8-9-19(32(29,30)27-11-4-3-5-12-27)13-20(16)24-21(28)15-26-10-6-7-18(14-26)22-23-17(2)25-31-22/h8-9,13,18H,3-7,10-12,14-15H2,1-2H3,(H,24,28). The first-order valence-corrected chi connectivity index (χ1v) is 12.7. The topological polar surface area (TPSA) is 109 Å². The Hall–Kier alpha value is -2.30. The summed E-state index contributed by atoms with van der Waals surface area (Å²) in [6, 6.07) is 4.95.